The molecule has 27 heavy (non-hydrogen) atoms. The Morgan fingerprint density at radius 1 is 1.33 bits per heavy atom. The normalized spacial score (nSPS) is 17.4. The Balaban J connectivity index is 2.01. The van der Waals surface area contributed by atoms with Crippen LogP contribution in [0.3, 0.4) is 0 Å². The van der Waals surface area contributed by atoms with Crippen molar-refractivity contribution in [2.24, 2.45) is 0 Å². The number of hydrogen-bond donors (Lipinski definition) is 3. The van der Waals surface area contributed by atoms with Crippen LogP contribution < -0.4 is 16.0 Å². The van der Waals surface area contributed by atoms with Gasteiger partial charge in [0.2, 0.25) is 0 Å². The Labute approximate surface area is 155 Å². The van der Waals surface area contributed by atoms with Crippen molar-refractivity contribution >= 4 is 23.9 Å². The molecule has 10 nitrogen and oxygen atoms in total. The average Bonchev–Trinajstić information content (AvgIpc) is 3.13. The van der Waals surface area contributed by atoms with Crippen LogP contribution in [0.2, 0.25) is 0 Å². The molecular formula is C17H21N3O7. The van der Waals surface area contributed by atoms with E-state index < -0.39 is 36.0 Å². The van der Waals surface area contributed by atoms with Crippen LogP contribution in [0.15, 0.2) is 34.1 Å². The fourth-order valence-electron chi connectivity index (χ4n) is 2.40. The number of esters is 2. The minimum absolute atomic E-state index is 0.0569. The van der Waals surface area contributed by atoms with Gasteiger partial charge in [-0.2, -0.15) is 0 Å². The molecule has 1 aromatic heterocycles. The second kappa shape index (κ2) is 8.88. The van der Waals surface area contributed by atoms with Crippen molar-refractivity contribution in [1.82, 2.24) is 16.0 Å². The molecule has 0 saturated carbocycles. The van der Waals surface area contributed by atoms with E-state index in [-0.39, 0.29) is 30.2 Å². The summed E-state index contributed by atoms with van der Waals surface area (Å²) >= 11 is 0. The largest absolute Gasteiger partial charge is 0.463 e. The summed E-state index contributed by atoms with van der Waals surface area (Å²) in [6.45, 7) is 4.51. The molecule has 0 aliphatic carbocycles. The van der Waals surface area contributed by atoms with E-state index in [0.717, 1.165) is 0 Å². The molecule has 1 aliphatic rings. The predicted octanol–water partition coefficient (Wildman–Crippen LogP) is 0.460. The van der Waals surface area contributed by atoms with Gasteiger partial charge >= 0.3 is 18.0 Å². The summed E-state index contributed by atoms with van der Waals surface area (Å²) in [5.74, 6) is -1.88. The summed E-state index contributed by atoms with van der Waals surface area (Å²) in [7, 11) is 0. The zero-order valence-electron chi connectivity index (χ0n) is 15.2. The number of furan rings is 1. The lowest BCUT2D eigenvalue weighted by atomic mass is 10.0. The van der Waals surface area contributed by atoms with E-state index in [1.807, 2.05) is 0 Å². The van der Waals surface area contributed by atoms with Crippen molar-refractivity contribution in [1.29, 1.82) is 0 Å². The van der Waals surface area contributed by atoms with Gasteiger partial charge < -0.3 is 29.8 Å². The molecule has 0 spiro atoms. The van der Waals surface area contributed by atoms with Crippen molar-refractivity contribution in [3.63, 3.8) is 0 Å². The van der Waals surface area contributed by atoms with Gasteiger partial charge in [-0.05, 0) is 32.9 Å². The summed E-state index contributed by atoms with van der Waals surface area (Å²) in [4.78, 5) is 47.7. The smallest absolute Gasteiger partial charge is 0.338 e. The van der Waals surface area contributed by atoms with E-state index in [9.17, 15) is 19.2 Å². The average molecular weight is 379 g/mol. The number of nitrogens with one attached hydrogen (secondary N) is 3. The van der Waals surface area contributed by atoms with Crippen LogP contribution >= 0.6 is 0 Å². The first-order valence-electron chi connectivity index (χ1n) is 8.32. The maximum absolute atomic E-state index is 12.1. The predicted molar refractivity (Wildman–Crippen MR) is 91.4 cm³/mol. The van der Waals surface area contributed by atoms with Gasteiger partial charge in [0.15, 0.2) is 5.76 Å². The molecule has 0 fully saturated rings. The van der Waals surface area contributed by atoms with Gasteiger partial charge in [0, 0.05) is 0 Å². The molecule has 3 amide bonds. The lowest BCUT2D eigenvalue weighted by Gasteiger charge is -2.26. The minimum Gasteiger partial charge on any atom is -0.463 e. The highest BCUT2D eigenvalue weighted by Crippen LogP contribution is 2.15. The maximum atomic E-state index is 12.1. The number of carbonyl (C=O) groups excluding carboxylic acids is 4. The minimum atomic E-state index is -0.968. The highest BCUT2D eigenvalue weighted by molar-refractivity contribution is 5.95. The molecule has 0 unspecified atom stereocenters. The summed E-state index contributed by atoms with van der Waals surface area (Å²) in [6, 6.07) is 0.894. The zero-order valence-corrected chi connectivity index (χ0v) is 15.2. The number of amides is 3. The first-order valence-corrected chi connectivity index (χ1v) is 8.32. The second-order valence-electron chi connectivity index (χ2n) is 5.71. The Morgan fingerprint density at radius 2 is 2.07 bits per heavy atom. The number of carbonyl (C=O) groups is 4. The molecule has 2 heterocycles. The lowest BCUT2D eigenvalue weighted by Crippen LogP contribution is -2.50. The van der Waals surface area contributed by atoms with Crippen LogP contribution in [0, 0.1) is 0 Å². The second-order valence-corrected chi connectivity index (χ2v) is 5.71. The van der Waals surface area contributed by atoms with Gasteiger partial charge in [0.1, 0.15) is 12.6 Å². The summed E-state index contributed by atoms with van der Waals surface area (Å²) in [6.07, 6.45) is 1.34. The lowest BCUT2D eigenvalue weighted by molar-refractivity contribution is -0.145. The van der Waals surface area contributed by atoms with E-state index in [2.05, 4.69) is 16.0 Å². The van der Waals surface area contributed by atoms with Gasteiger partial charge in [-0.15, -0.1) is 0 Å². The Bertz CT molecular complexity index is 755. The number of urea groups is 1. The third-order valence-electron chi connectivity index (χ3n) is 3.67. The molecule has 0 bridgehead atoms. The van der Waals surface area contributed by atoms with Gasteiger partial charge in [0.25, 0.3) is 5.91 Å². The van der Waals surface area contributed by atoms with E-state index in [1.165, 1.54) is 19.3 Å². The Hall–Kier alpha value is -3.30. The van der Waals surface area contributed by atoms with E-state index in [1.54, 1.807) is 19.9 Å². The summed E-state index contributed by atoms with van der Waals surface area (Å²) in [5, 5.41) is 7.40. The van der Waals surface area contributed by atoms with Gasteiger partial charge in [-0.3, -0.25) is 4.79 Å². The Kier molecular flexibility index (Phi) is 6.58. The van der Waals surface area contributed by atoms with Crippen molar-refractivity contribution in [2.45, 2.75) is 32.9 Å². The fourth-order valence-corrected chi connectivity index (χ4v) is 2.40. The molecule has 0 aromatic carbocycles. The molecule has 2 atom stereocenters. The van der Waals surface area contributed by atoms with Crippen molar-refractivity contribution < 1.29 is 33.1 Å². The van der Waals surface area contributed by atoms with Crippen LogP contribution in [0.5, 0.6) is 0 Å². The first-order chi connectivity index (χ1) is 12.8. The van der Waals surface area contributed by atoms with E-state index in [4.69, 9.17) is 13.9 Å². The van der Waals surface area contributed by atoms with Gasteiger partial charge in [-0.25, -0.2) is 14.4 Å². The van der Waals surface area contributed by atoms with Crippen LogP contribution in [0.25, 0.3) is 0 Å². The summed E-state index contributed by atoms with van der Waals surface area (Å²) in [5.41, 5.74) is 0.291. The SMILES string of the molecule is CCOC(=O)C1=C(COC(=O)[C@H](C)NC(=O)c2ccco2)NC(=O)N[C@@H]1C. The highest BCUT2D eigenvalue weighted by Gasteiger charge is 2.30. The summed E-state index contributed by atoms with van der Waals surface area (Å²) < 4.78 is 15.0. The standard InChI is InChI=1S/C17H21N3O7/c1-4-25-16(23)13-9(2)19-17(24)20-11(13)8-27-15(22)10(3)18-14(21)12-6-5-7-26-12/h5-7,9-10H,4,8H2,1-3H3,(H,18,21)(H2,19,20,24)/t9-,10+/m1/s1. The number of ether oxygens (including phenoxy) is 2. The molecule has 1 aromatic rings. The molecular weight excluding hydrogens is 358 g/mol. The molecule has 2 rings (SSSR count). The van der Waals surface area contributed by atoms with Crippen molar-refractivity contribution in [3.8, 4) is 0 Å². The zero-order chi connectivity index (χ0) is 20.0. The third-order valence-corrected chi connectivity index (χ3v) is 3.67. The monoisotopic (exact) mass is 379 g/mol. The molecule has 3 N–H and O–H groups in total. The van der Waals surface area contributed by atoms with Crippen LogP contribution in [-0.4, -0.2) is 49.2 Å². The topological polar surface area (TPSA) is 136 Å². The van der Waals surface area contributed by atoms with Gasteiger partial charge in [0.05, 0.1) is 30.2 Å². The first kappa shape index (κ1) is 20.0. The molecule has 1 aliphatic heterocycles. The number of hydrogen-bond acceptors (Lipinski definition) is 7. The van der Waals surface area contributed by atoms with Crippen LogP contribution in [0.1, 0.15) is 31.3 Å². The fraction of sp³-hybridized carbons (Fsp3) is 0.412. The van der Waals surface area contributed by atoms with E-state index in [0.29, 0.717) is 0 Å². The van der Waals surface area contributed by atoms with E-state index >= 15 is 0 Å². The quantitative estimate of drug-likeness (QED) is 0.586. The van der Waals surface area contributed by atoms with Gasteiger partial charge in [-0.1, -0.05) is 0 Å². The molecule has 146 valence electrons. The molecule has 10 heteroatoms. The third kappa shape index (κ3) is 5.09. The molecule has 0 radical (unpaired) electrons. The maximum Gasteiger partial charge on any atom is 0.338 e. The Morgan fingerprint density at radius 3 is 2.70 bits per heavy atom. The van der Waals surface area contributed by atoms with Crippen molar-refractivity contribution in [2.75, 3.05) is 13.2 Å². The van der Waals surface area contributed by atoms with Crippen LogP contribution in [0.4, 0.5) is 4.79 Å². The molecule has 0 saturated heterocycles. The van der Waals surface area contributed by atoms with Crippen LogP contribution in [-0.2, 0) is 19.1 Å². The highest BCUT2D eigenvalue weighted by atomic mass is 16.5. The number of rotatable bonds is 7. The van der Waals surface area contributed by atoms with Crippen molar-refractivity contribution in [3.05, 3.63) is 35.4 Å².